The number of aryl methyl sites for hydroxylation is 2. The number of nitrogens with one attached hydrogen (secondary N) is 2. The summed E-state index contributed by atoms with van der Waals surface area (Å²) >= 11 is 0. The zero-order chi connectivity index (χ0) is 18.8. The lowest BCUT2D eigenvalue weighted by molar-refractivity contribution is 0.331. The molecular formula is C20H32IN5O. The van der Waals surface area contributed by atoms with Crippen molar-refractivity contribution < 1.29 is 4.52 Å². The molecule has 0 unspecified atom stereocenters. The van der Waals surface area contributed by atoms with Crippen LogP contribution in [0.25, 0.3) is 0 Å². The van der Waals surface area contributed by atoms with Gasteiger partial charge in [0, 0.05) is 45.2 Å². The van der Waals surface area contributed by atoms with Gasteiger partial charge in [-0.3, -0.25) is 4.99 Å². The summed E-state index contributed by atoms with van der Waals surface area (Å²) in [5.41, 5.74) is 3.50. The number of guanidine groups is 1. The summed E-state index contributed by atoms with van der Waals surface area (Å²) in [6, 6.07) is 10.5. The molecule has 1 aromatic carbocycles. The minimum absolute atomic E-state index is 0. The van der Waals surface area contributed by atoms with E-state index in [0.29, 0.717) is 6.54 Å². The Morgan fingerprint density at radius 2 is 1.89 bits per heavy atom. The first-order chi connectivity index (χ1) is 12.7. The van der Waals surface area contributed by atoms with Crippen molar-refractivity contribution in [3.8, 4) is 0 Å². The second-order valence-electron chi connectivity index (χ2n) is 6.31. The topological polar surface area (TPSA) is 65.7 Å². The molecule has 0 fully saturated rings. The van der Waals surface area contributed by atoms with E-state index in [1.807, 2.05) is 6.07 Å². The molecule has 0 bridgehead atoms. The maximum Gasteiger partial charge on any atom is 0.191 e. The van der Waals surface area contributed by atoms with Crippen LogP contribution in [0.3, 0.4) is 0 Å². The predicted octanol–water partition coefficient (Wildman–Crippen LogP) is 3.21. The third kappa shape index (κ3) is 7.50. The Kier molecular flexibility index (Phi) is 11.0. The van der Waals surface area contributed by atoms with Gasteiger partial charge in [0.25, 0.3) is 0 Å². The number of rotatable bonds is 9. The van der Waals surface area contributed by atoms with Gasteiger partial charge in [-0.2, -0.15) is 0 Å². The maximum atomic E-state index is 5.41. The molecule has 0 aliphatic carbocycles. The highest BCUT2D eigenvalue weighted by atomic mass is 127. The van der Waals surface area contributed by atoms with Crippen molar-refractivity contribution in [2.45, 2.75) is 39.8 Å². The molecule has 0 saturated carbocycles. The molecule has 0 atom stereocenters. The normalized spacial score (nSPS) is 11.4. The van der Waals surface area contributed by atoms with E-state index < -0.39 is 0 Å². The summed E-state index contributed by atoms with van der Waals surface area (Å²) in [6.45, 7) is 7.55. The third-order valence-electron chi connectivity index (χ3n) is 4.34. The van der Waals surface area contributed by atoms with Crippen LogP contribution in [0.5, 0.6) is 0 Å². The molecule has 6 nitrogen and oxygen atoms in total. The summed E-state index contributed by atoms with van der Waals surface area (Å²) < 4.78 is 5.41. The molecule has 0 aliphatic heterocycles. The SMILES string of the molecule is CCc1noc(CC)c1CNC(=NC)NCCN(C)Cc1ccccc1.I. The van der Waals surface area contributed by atoms with E-state index in [4.69, 9.17) is 4.52 Å². The second-order valence-corrected chi connectivity index (χ2v) is 6.31. The summed E-state index contributed by atoms with van der Waals surface area (Å²) in [7, 11) is 3.92. The Morgan fingerprint density at radius 3 is 2.52 bits per heavy atom. The molecule has 0 amide bonds. The molecule has 7 heteroatoms. The monoisotopic (exact) mass is 485 g/mol. The van der Waals surface area contributed by atoms with Crippen LogP contribution in [0.15, 0.2) is 39.8 Å². The first kappa shape index (κ1) is 23.4. The Balaban J connectivity index is 0.00000364. The molecule has 0 radical (unpaired) electrons. The average Bonchev–Trinajstić information content (AvgIpc) is 3.07. The summed E-state index contributed by atoms with van der Waals surface area (Å²) in [5.74, 6) is 1.75. The van der Waals surface area contributed by atoms with E-state index >= 15 is 0 Å². The molecule has 2 N–H and O–H groups in total. The molecule has 2 aromatic rings. The summed E-state index contributed by atoms with van der Waals surface area (Å²) in [4.78, 5) is 6.60. The van der Waals surface area contributed by atoms with Crippen LogP contribution in [-0.4, -0.2) is 43.2 Å². The van der Waals surface area contributed by atoms with E-state index in [-0.39, 0.29) is 24.0 Å². The van der Waals surface area contributed by atoms with Gasteiger partial charge in [-0.15, -0.1) is 24.0 Å². The van der Waals surface area contributed by atoms with Crippen LogP contribution < -0.4 is 10.6 Å². The lowest BCUT2D eigenvalue weighted by Crippen LogP contribution is -2.40. The highest BCUT2D eigenvalue weighted by molar-refractivity contribution is 14.0. The van der Waals surface area contributed by atoms with Crippen molar-refractivity contribution in [3.05, 3.63) is 52.9 Å². The molecule has 1 heterocycles. The van der Waals surface area contributed by atoms with Gasteiger partial charge in [0.2, 0.25) is 0 Å². The van der Waals surface area contributed by atoms with E-state index in [2.05, 4.69) is 70.8 Å². The molecule has 0 aliphatic rings. The van der Waals surface area contributed by atoms with Crippen molar-refractivity contribution in [2.75, 3.05) is 27.2 Å². The summed E-state index contributed by atoms with van der Waals surface area (Å²) in [6.07, 6.45) is 1.72. The lowest BCUT2D eigenvalue weighted by Gasteiger charge is -2.18. The number of halogens is 1. The predicted molar refractivity (Wildman–Crippen MR) is 122 cm³/mol. The fourth-order valence-corrected chi connectivity index (χ4v) is 2.87. The Hall–Kier alpha value is -1.61. The first-order valence-corrected chi connectivity index (χ1v) is 9.31. The van der Waals surface area contributed by atoms with Crippen LogP contribution in [0.1, 0.15) is 36.4 Å². The number of hydrogen-bond acceptors (Lipinski definition) is 4. The quantitative estimate of drug-likeness (QED) is 0.325. The Labute approximate surface area is 179 Å². The molecule has 27 heavy (non-hydrogen) atoms. The van der Waals surface area contributed by atoms with E-state index in [1.165, 1.54) is 5.56 Å². The van der Waals surface area contributed by atoms with Gasteiger partial charge in [-0.25, -0.2) is 0 Å². The van der Waals surface area contributed by atoms with E-state index in [9.17, 15) is 0 Å². The smallest absolute Gasteiger partial charge is 0.191 e. The highest BCUT2D eigenvalue weighted by Crippen LogP contribution is 2.15. The maximum absolute atomic E-state index is 5.41. The number of nitrogens with zero attached hydrogens (tertiary/aromatic N) is 3. The molecular weight excluding hydrogens is 453 g/mol. The van der Waals surface area contributed by atoms with Gasteiger partial charge >= 0.3 is 0 Å². The van der Waals surface area contributed by atoms with Crippen LogP contribution in [0.2, 0.25) is 0 Å². The zero-order valence-corrected chi connectivity index (χ0v) is 19.1. The van der Waals surface area contributed by atoms with Crippen LogP contribution in [0, 0.1) is 0 Å². The van der Waals surface area contributed by atoms with Crippen molar-refractivity contribution in [3.63, 3.8) is 0 Å². The number of benzene rings is 1. The average molecular weight is 485 g/mol. The fraction of sp³-hybridized carbons (Fsp3) is 0.500. The number of aromatic nitrogens is 1. The zero-order valence-electron chi connectivity index (χ0n) is 16.8. The van der Waals surface area contributed by atoms with Crippen molar-refractivity contribution >= 4 is 29.9 Å². The fourth-order valence-electron chi connectivity index (χ4n) is 2.87. The minimum Gasteiger partial charge on any atom is -0.361 e. The Bertz CT molecular complexity index is 665. The van der Waals surface area contributed by atoms with Crippen molar-refractivity contribution in [1.82, 2.24) is 20.7 Å². The molecule has 2 rings (SSSR count). The lowest BCUT2D eigenvalue weighted by atomic mass is 10.1. The molecule has 0 spiro atoms. The van der Waals surface area contributed by atoms with Gasteiger partial charge < -0.3 is 20.1 Å². The summed E-state index contributed by atoms with van der Waals surface area (Å²) in [5, 5.41) is 10.9. The van der Waals surface area contributed by atoms with Crippen LogP contribution >= 0.6 is 24.0 Å². The first-order valence-electron chi connectivity index (χ1n) is 9.31. The van der Waals surface area contributed by atoms with Crippen LogP contribution in [-0.2, 0) is 25.9 Å². The number of aliphatic imine (C=N–C) groups is 1. The Morgan fingerprint density at radius 1 is 1.15 bits per heavy atom. The van der Waals surface area contributed by atoms with Gasteiger partial charge in [-0.1, -0.05) is 49.3 Å². The van der Waals surface area contributed by atoms with E-state index in [1.54, 1.807) is 7.05 Å². The standard InChI is InChI=1S/C20H31N5O.HI/c1-5-18-17(19(6-2)26-24-18)14-23-20(21-3)22-12-13-25(4)15-16-10-8-7-9-11-16;/h7-11H,5-6,12-15H2,1-4H3,(H2,21,22,23);1H. The minimum atomic E-state index is 0. The van der Waals surface area contributed by atoms with Crippen LogP contribution in [0.4, 0.5) is 0 Å². The molecule has 0 saturated heterocycles. The van der Waals surface area contributed by atoms with Crippen molar-refractivity contribution in [1.29, 1.82) is 0 Å². The molecule has 1 aromatic heterocycles. The second kappa shape index (κ2) is 12.7. The van der Waals surface area contributed by atoms with Gasteiger partial charge in [-0.05, 0) is 19.0 Å². The van der Waals surface area contributed by atoms with Crippen molar-refractivity contribution in [2.24, 2.45) is 4.99 Å². The number of likely N-dealkylation sites (N-methyl/N-ethyl adjacent to an activating group) is 1. The third-order valence-corrected chi connectivity index (χ3v) is 4.34. The van der Waals surface area contributed by atoms with Gasteiger partial charge in [0.05, 0.1) is 5.69 Å². The van der Waals surface area contributed by atoms with Gasteiger partial charge in [0.15, 0.2) is 5.96 Å². The largest absolute Gasteiger partial charge is 0.361 e. The number of hydrogen-bond donors (Lipinski definition) is 2. The molecule has 150 valence electrons. The highest BCUT2D eigenvalue weighted by Gasteiger charge is 2.13. The van der Waals surface area contributed by atoms with E-state index in [0.717, 1.165) is 55.5 Å². The van der Waals surface area contributed by atoms with Gasteiger partial charge in [0.1, 0.15) is 5.76 Å².